The van der Waals surface area contributed by atoms with E-state index in [1.807, 2.05) is 83.2 Å². The van der Waals surface area contributed by atoms with E-state index in [9.17, 15) is 9.90 Å². The molecular weight excluding hydrogens is 450 g/mol. The quantitative estimate of drug-likeness (QED) is 0.306. The summed E-state index contributed by atoms with van der Waals surface area (Å²) in [5.74, 6) is 0. The first kappa shape index (κ1) is 35.3. The van der Waals surface area contributed by atoms with Gasteiger partial charge in [0.15, 0.2) is 0 Å². The third-order valence-corrected chi connectivity index (χ3v) is 4.53. The van der Waals surface area contributed by atoms with Crippen molar-refractivity contribution in [1.29, 1.82) is 0 Å². The number of hydrogen-bond acceptors (Lipinski definition) is 4. The zero-order chi connectivity index (χ0) is 28.1. The first-order valence-electron chi connectivity index (χ1n) is 12.7. The van der Waals surface area contributed by atoms with Crippen LogP contribution < -0.4 is 5.32 Å². The van der Waals surface area contributed by atoms with Crippen molar-refractivity contribution in [2.75, 3.05) is 6.61 Å². The number of carbonyl (C=O) groups excluding carboxylic acids is 1. The minimum atomic E-state index is -0.960. The number of nitrogens with one attached hydrogen (secondary N) is 1. The normalized spacial score (nSPS) is 13.7. The maximum absolute atomic E-state index is 12.3. The second-order valence-corrected chi connectivity index (χ2v) is 8.52. The highest BCUT2D eigenvalue weighted by atomic mass is 16.6. The van der Waals surface area contributed by atoms with Crippen molar-refractivity contribution in [2.24, 2.45) is 0 Å². The lowest BCUT2D eigenvalue weighted by atomic mass is 10.0. The van der Waals surface area contributed by atoms with Crippen molar-refractivity contribution >= 4 is 6.09 Å². The number of allylic oxidation sites excluding steroid dienone is 7. The lowest BCUT2D eigenvalue weighted by molar-refractivity contribution is 0.0266. The molecule has 0 bridgehead atoms. The molecule has 2 N–H and O–H groups in total. The third kappa shape index (κ3) is 15.9. The number of hydrogen-bond donors (Lipinski definition) is 2. The molecule has 202 valence electrons. The molecule has 1 aromatic rings. The predicted molar refractivity (Wildman–Crippen MR) is 154 cm³/mol. The molecule has 0 radical (unpaired) electrons. The number of rotatable bonds is 11. The predicted octanol–water partition coefficient (Wildman–Crippen LogP) is 7.70. The SMILES string of the molecule is C=C/C=C(C=C)/C(C)=C/C=C(\C)C(O)C(COCc1ccccc1)NC(=O)OC(C)(C)C.CC.CC. The summed E-state index contributed by atoms with van der Waals surface area (Å²) < 4.78 is 11.1. The van der Waals surface area contributed by atoms with Gasteiger partial charge in [-0.25, -0.2) is 4.79 Å². The maximum atomic E-state index is 12.3. The van der Waals surface area contributed by atoms with E-state index in [4.69, 9.17) is 9.47 Å². The van der Waals surface area contributed by atoms with Gasteiger partial charge in [-0.15, -0.1) is 0 Å². The third-order valence-electron chi connectivity index (χ3n) is 4.53. The Bertz CT molecular complexity index is 845. The summed E-state index contributed by atoms with van der Waals surface area (Å²) in [6, 6.07) is 9.04. The summed E-state index contributed by atoms with van der Waals surface area (Å²) in [7, 11) is 0. The van der Waals surface area contributed by atoms with Gasteiger partial charge in [-0.05, 0) is 56.9 Å². The maximum Gasteiger partial charge on any atom is 0.408 e. The standard InChI is InChI=1S/C27H37NO4.2C2H6/c1-8-13-23(9-2)20(3)16-17-21(4)25(29)24(28-26(30)32-27(5,6)7)19-31-18-22-14-11-10-12-15-22;2*1-2/h8-17,24-25,29H,1-2,18-19H2,3-7H3,(H,28,30);2*1-2H3/b20-16+,21-17+,23-13+;;. The van der Waals surface area contributed by atoms with Gasteiger partial charge < -0.3 is 19.9 Å². The van der Waals surface area contributed by atoms with Crippen LogP contribution in [-0.2, 0) is 16.1 Å². The molecule has 0 aliphatic rings. The Kier molecular flexibility index (Phi) is 19.9. The van der Waals surface area contributed by atoms with E-state index >= 15 is 0 Å². The van der Waals surface area contributed by atoms with Gasteiger partial charge in [0, 0.05) is 0 Å². The fourth-order valence-corrected chi connectivity index (χ4v) is 2.80. The Hall–Kier alpha value is -2.89. The van der Waals surface area contributed by atoms with Crippen LogP contribution in [0.1, 0.15) is 67.9 Å². The average molecular weight is 500 g/mol. The fourth-order valence-electron chi connectivity index (χ4n) is 2.80. The van der Waals surface area contributed by atoms with E-state index in [0.29, 0.717) is 12.2 Å². The molecule has 1 amide bonds. The van der Waals surface area contributed by atoms with Crippen LogP contribution in [0.4, 0.5) is 4.79 Å². The number of benzene rings is 1. The fraction of sp³-hybridized carbons (Fsp3) is 0.452. The number of carbonyl (C=O) groups is 1. The van der Waals surface area contributed by atoms with Crippen molar-refractivity contribution in [2.45, 2.75) is 86.7 Å². The van der Waals surface area contributed by atoms with Gasteiger partial charge >= 0.3 is 6.09 Å². The number of alkyl carbamates (subject to hydrolysis) is 1. The molecule has 36 heavy (non-hydrogen) atoms. The summed E-state index contributed by atoms with van der Waals surface area (Å²) in [5.41, 5.74) is 2.95. The number of aliphatic hydroxyl groups is 1. The second kappa shape index (κ2) is 20.3. The van der Waals surface area contributed by atoms with Crippen LogP contribution in [0.5, 0.6) is 0 Å². The van der Waals surface area contributed by atoms with Crippen LogP contribution in [0.15, 0.2) is 90.6 Å². The van der Waals surface area contributed by atoms with Crippen molar-refractivity contribution in [3.8, 4) is 0 Å². The largest absolute Gasteiger partial charge is 0.444 e. The highest BCUT2D eigenvalue weighted by Gasteiger charge is 2.26. The molecule has 5 heteroatoms. The van der Waals surface area contributed by atoms with Gasteiger partial charge in [0.2, 0.25) is 0 Å². The van der Waals surface area contributed by atoms with E-state index in [1.54, 1.807) is 39.8 Å². The zero-order valence-electron chi connectivity index (χ0n) is 23.9. The molecular formula is C31H49NO4. The summed E-state index contributed by atoms with van der Waals surface area (Å²) >= 11 is 0. The minimum Gasteiger partial charge on any atom is -0.444 e. The van der Waals surface area contributed by atoms with Gasteiger partial charge in [-0.3, -0.25) is 0 Å². The average Bonchev–Trinajstić information content (AvgIpc) is 2.86. The highest BCUT2D eigenvalue weighted by molar-refractivity contribution is 5.68. The molecule has 1 aromatic carbocycles. The number of aliphatic hydroxyl groups excluding tert-OH is 1. The van der Waals surface area contributed by atoms with Gasteiger partial charge in [0.1, 0.15) is 5.60 Å². The van der Waals surface area contributed by atoms with Crippen molar-refractivity contribution in [3.05, 3.63) is 96.2 Å². The summed E-state index contributed by atoms with van der Waals surface area (Å²) in [5, 5.41) is 13.7. The molecule has 0 heterocycles. The van der Waals surface area contributed by atoms with Gasteiger partial charge in [0.05, 0.1) is 25.4 Å². The molecule has 5 nitrogen and oxygen atoms in total. The van der Waals surface area contributed by atoms with Crippen LogP contribution in [0.3, 0.4) is 0 Å². The molecule has 2 atom stereocenters. The van der Waals surface area contributed by atoms with Crippen LogP contribution in [0, 0.1) is 0 Å². The van der Waals surface area contributed by atoms with Crippen molar-refractivity contribution in [1.82, 2.24) is 5.32 Å². The molecule has 0 aliphatic heterocycles. The van der Waals surface area contributed by atoms with Crippen LogP contribution in [-0.4, -0.2) is 35.6 Å². The zero-order valence-corrected chi connectivity index (χ0v) is 23.9. The Labute approximate surface area is 220 Å². The summed E-state index contributed by atoms with van der Waals surface area (Å²) in [6.45, 7) is 25.1. The van der Waals surface area contributed by atoms with Crippen molar-refractivity contribution in [3.63, 3.8) is 0 Å². The monoisotopic (exact) mass is 499 g/mol. The van der Waals surface area contributed by atoms with Crippen LogP contribution in [0.2, 0.25) is 0 Å². The number of amides is 1. The van der Waals surface area contributed by atoms with Crippen LogP contribution >= 0.6 is 0 Å². The Morgan fingerprint density at radius 2 is 1.61 bits per heavy atom. The molecule has 2 unspecified atom stereocenters. The molecule has 0 fully saturated rings. The lowest BCUT2D eigenvalue weighted by Crippen LogP contribution is -2.48. The molecule has 0 aromatic heterocycles. The van der Waals surface area contributed by atoms with E-state index in [1.165, 1.54) is 0 Å². The Morgan fingerprint density at radius 3 is 2.11 bits per heavy atom. The van der Waals surface area contributed by atoms with Gasteiger partial charge in [0.25, 0.3) is 0 Å². The van der Waals surface area contributed by atoms with E-state index in [2.05, 4.69) is 18.5 Å². The first-order valence-corrected chi connectivity index (χ1v) is 12.7. The molecule has 0 saturated carbocycles. The lowest BCUT2D eigenvalue weighted by Gasteiger charge is -2.27. The highest BCUT2D eigenvalue weighted by Crippen LogP contribution is 2.15. The van der Waals surface area contributed by atoms with E-state index in [-0.39, 0.29) is 6.61 Å². The summed E-state index contributed by atoms with van der Waals surface area (Å²) in [6.07, 6.45) is 7.46. The Balaban J connectivity index is 0. The van der Waals surface area contributed by atoms with E-state index in [0.717, 1.165) is 16.7 Å². The molecule has 0 spiro atoms. The van der Waals surface area contributed by atoms with Crippen molar-refractivity contribution < 1.29 is 19.4 Å². The Morgan fingerprint density at radius 1 is 1.03 bits per heavy atom. The molecule has 1 rings (SSSR count). The molecule has 0 saturated heterocycles. The summed E-state index contributed by atoms with van der Waals surface area (Å²) in [4.78, 5) is 12.3. The minimum absolute atomic E-state index is 0.122. The topological polar surface area (TPSA) is 67.8 Å². The van der Waals surface area contributed by atoms with E-state index < -0.39 is 23.8 Å². The second-order valence-electron chi connectivity index (χ2n) is 8.52. The smallest absolute Gasteiger partial charge is 0.408 e. The van der Waals surface area contributed by atoms with Crippen LogP contribution in [0.25, 0.3) is 0 Å². The first-order chi connectivity index (χ1) is 17.1. The van der Waals surface area contributed by atoms with Gasteiger partial charge in [-0.2, -0.15) is 0 Å². The number of ether oxygens (including phenoxy) is 2. The van der Waals surface area contributed by atoms with Gasteiger partial charge in [-0.1, -0.05) is 102 Å². The molecule has 0 aliphatic carbocycles.